The van der Waals surface area contributed by atoms with E-state index in [1.807, 2.05) is 37.7 Å². The van der Waals surface area contributed by atoms with E-state index in [1.165, 1.54) is 11.2 Å². The zero-order valence-electron chi connectivity index (χ0n) is 13.9. The van der Waals surface area contributed by atoms with Crippen LogP contribution in [0.25, 0.3) is 0 Å². The number of carbonyl (C=O) groups is 1. The summed E-state index contributed by atoms with van der Waals surface area (Å²) in [5.74, 6) is 0. The zero-order valence-corrected chi connectivity index (χ0v) is 14.7. The van der Waals surface area contributed by atoms with Crippen molar-refractivity contribution in [2.45, 2.75) is 50.3 Å². The van der Waals surface area contributed by atoms with Crippen molar-refractivity contribution < 1.29 is 9.32 Å². The number of benzene rings is 1. The van der Waals surface area contributed by atoms with E-state index >= 15 is 0 Å². The zero-order chi connectivity index (χ0) is 16.8. The summed E-state index contributed by atoms with van der Waals surface area (Å²) in [6.45, 7) is 8.25. The van der Waals surface area contributed by atoms with E-state index in [1.54, 1.807) is 6.07 Å². The summed E-state index contributed by atoms with van der Waals surface area (Å²) in [6, 6.07) is 7.35. The molecule has 0 saturated carbocycles. The maximum Gasteiger partial charge on any atom is 0.319 e. The Balaban J connectivity index is 1.95. The minimum absolute atomic E-state index is 0.214. The number of aromatic nitrogens is 1. The summed E-state index contributed by atoms with van der Waals surface area (Å²) in [6.07, 6.45) is 2.62. The summed E-state index contributed by atoms with van der Waals surface area (Å²) in [5.41, 5.74) is 2.54. The van der Waals surface area contributed by atoms with Crippen molar-refractivity contribution in [3.8, 4) is 0 Å². The number of nitrogens with zero attached hydrogens (tertiary/aromatic N) is 1. The summed E-state index contributed by atoms with van der Waals surface area (Å²) in [5, 5.41) is 10.1. The molecule has 124 valence electrons. The summed E-state index contributed by atoms with van der Waals surface area (Å²) in [7, 11) is 0. The highest BCUT2D eigenvalue weighted by atomic mass is 32.2. The van der Waals surface area contributed by atoms with Gasteiger partial charge in [0.05, 0.1) is 6.04 Å². The number of hydrogen-bond donors (Lipinski definition) is 2. The largest absolute Gasteiger partial charge is 0.364 e. The standard InChI is InChI=1S/C17H23N3O2S/c1-5-12(3)23-14-6-7-15(11(2)10-14)19-17(21)18-13(4)16-8-9-22-20-16/h6-10,12-13H,5H2,1-4H3,(H2,18,19,21)/t12-,13+/m1/s1. The van der Waals surface area contributed by atoms with E-state index in [0.29, 0.717) is 10.9 Å². The van der Waals surface area contributed by atoms with E-state index in [0.717, 1.165) is 17.7 Å². The molecule has 1 aromatic heterocycles. The highest BCUT2D eigenvalue weighted by Crippen LogP contribution is 2.28. The Morgan fingerprint density at radius 3 is 2.74 bits per heavy atom. The molecule has 0 aliphatic carbocycles. The first-order chi connectivity index (χ1) is 11.0. The van der Waals surface area contributed by atoms with Crippen LogP contribution >= 0.6 is 11.8 Å². The Bertz CT molecular complexity index is 643. The van der Waals surface area contributed by atoms with Crippen LogP contribution in [0.15, 0.2) is 39.9 Å². The molecule has 0 fully saturated rings. The molecule has 6 heteroatoms. The lowest BCUT2D eigenvalue weighted by Crippen LogP contribution is -2.31. The topological polar surface area (TPSA) is 67.2 Å². The molecule has 1 heterocycles. The van der Waals surface area contributed by atoms with Crippen molar-refractivity contribution >= 4 is 23.5 Å². The van der Waals surface area contributed by atoms with E-state index in [4.69, 9.17) is 4.52 Å². The van der Waals surface area contributed by atoms with E-state index in [9.17, 15) is 4.79 Å². The Labute approximate surface area is 141 Å². The van der Waals surface area contributed by atoms with Gasteiger partial charge in [-0.05, 0) is 44.0 Å². The summed E-state index contributed by atoms with van der Waals surface area (Å²) < 4.78 is 4.78. The minimum Gasteiger partial charge on any atom is -0.364 e. The molecular weight excluding hydrogens is 310 g/mol. The first kappa shape index (κ1) is 17.4. The number of anilines is 1. The second kappa shape index (κ2) is 8.06. The number of aryl methyl sites for hydroxylation is 1. The van der Waals surface area contributed by atoms with Crippen LogP contribution in [0.2, 0.25) is 0 Å². The average molecular weight is 333 g/mol. The van der Waals surface area contributed by atoms with Crippen LogP contribution in [0.5, 0.6) is 0 Å². The van der Waals surface area contributed by atoms with E-state index < -0.39 is 0 Å². The molecule has 2 aromatic rings. The molecule has 2 N–H and O–H groups in total. The average Bonchev–Trinajstić information content (AvgIpc) is 3.04. The van der Waals surface area contributed by atoms with Gasteiger partial charge in [-0.1, -0.05) is 19.0 Å². The number of urea groups is 1. The maximum absolute atomic E-state index is 12.1. The predicted octanol–water partition coefficient (Wildman–Crippen LogP) is 4.76. The highest BCUT2D eigenvalue weighted by molar-refractivity contribution is 7.99. The molecule has 2 rings (SSSR count). The summed E-state index contributed by atoms with van der Waals surface area (Å²) in [4.78, 5) is 13.3. The molecule has 0 spiro atoms. The van der Waals surface area contributed by atoms with Crippen molar-refractivity contribution in [2.75, 3.05) is 5.32 Å². The van der Waals surface area contributed by atoms with Crippen LogP contribution < -0.4 is 10.6 Å². The monoisotopic (exact) mass is 333 g/mol. The van der Waals surface area contributed by atoms with Gasteiger partial charge in [-0.3, -0.25) is 0 Å². The lowest BCUT2D eigenvalue weighted by Gasteiger charge is -2.15. The van der Waals surface area contributed by atoms with Crippen LogP contribution in [0.3, 0.4) is 0 Å². The first-order valence-electron chi connectivity index (χ1n) is 7.74. The van der Waals surface area contributed by atoms with Gasteiger partial charge in [0.2, 0.25) is 0 Å². The Morgan fingerprint density at radius 2 is 2.13 bits per heavy atom. The Kier molecular flexibility index (Phi) is 6.10. The predicted molar refractivity (Wildman–Crippen MR) is 93.9 cm³/mol. The molecule has 0 bridgehead atoms. The fraction of sp³-hybridized carbons (Fsp3) is 0.412. The van der Waals surface area contributed by atoms with Gasteiger partial charge in [-0.2, -0.15) is 0 Å². The Morgan fingerprint density at radius 1 is 1.35 bits per heavy atom. The van der Waals surface area contributed by atoms with Crippen molar-refractivity contribution in [3.05, 3.63) is 41.8 Å². The van der Waals surface area contributed by atoms with Gasteiger partial charge in [-0.25, -0.2) is 4.79 Å². The lowest BCUT2D eigenvalue weighted by atomic mass is 10.2. The molecule has 23 heavy (non-hydrogen) atoms. The van der Waals surface area contributed by atoms with Crippen molar-refractivity contribution in [2.24, 2.45) is 0 Å². The number of carbonyl (C=O) groups excluding carboxylic acids is 1. The third-order valence-corrected chi connectivity index (χ3v) is 4.87. The minimum atomic E-state index is -0.258. The SMILES string of the molecule is CC[C@@H](C)Sc1ccc(NC(=O)N[C@@H](C)c2ccon2)c(C)c1. The second-order valence-corrected chi connectivity index (χ2v) is 7.07. The van der Waals surface area contributed by atoms with Gasteiger partial charge >= 0.3 is 6.03 Å². The second-order valence-electron chi connectivity index (χ2n) is 5.56. The Hall–Kier alpha value is -1.95. The molecule has 0 saturated heterocycles. The molecule has 0 radical (unpaired) electrons. The van der Waals surface area contributed by atoms with E-state index in [2.05, 4.69) is 35.7 Å². The molecule has 2 atom stereocenters. The van der Waals surface area contributed by atoms with Gasteiger partial charge < -0.3 is 15.2 Å². The molecule has 0 unspecified atom stereocenters. The number of amides is 2. The highest BCUT2D eigenvalue weighted by Gasteiger charge is 2.13. The van der Waals surface area contributed by atoms with Crippen LogP contribution in [-0.4, -0.2) is 16.4 Å². The maximum atomic E-state index is 12.1. The molecule has 0 aliphatic heterocycles. The summed E-state index contributed by atoms with van der Waals surface area (Å²) >= 11 is 1.85. The van der Waals surface area contributed by atoms with Gasteiger partial charge in [-0.15, -0.1) is 11.8 Å². The number of rotatable bonds is 6. The third-order valence-electron chi connectivity index (χ3n) is 3.61. The fourth-order valence-electron chi connectivity index (χ4n) is 2.04. The molecule has 0 aliphatic rings. The smallest absolute Gasteiger partial charge is 0.319 e. The molecule has 2 amide bonds. The van der Waals surface area contributed by atoms with Gasteiger partial charge in [0, 0.05) is 21.9 Å². The van der Waals surface area contributed by atoms with Gasteiger partial charge in [0.1, 0.15) is 12.0 Å². The van der Waals surface area contributed by atoms with Crippen molar-refractivity contribution in [1.82, 2.24) is 10.5 Å². The normalized spacial score (nSPS) is 13.4. The van der Waals surface area contributed by atoms with Gasteiger partial charge in [0.15, 0.2) is 0 Å². The third kappa shape index (κ3) is 5.03. The molecular formula is C17H23N3O2S. The molecule has 1 aromatic carbocycles. The quantitative estimate of drug-likeness (QED) is 0.748. The number of hydrogen-bond acceptors (Lipinski definition) is 4. The van der Waals surface area contributed by atoms with Crippen LogP contribution in [-0.2, 0) is 0 Å². The van der Waals surface area contributed by atoms with Crippen molar-refractivity contribution in [3.63, 3.8) is 0 Å². The van der Waals surface area contributed by atoms with E-state index in [-0.39, 0.29) is 12.1 Å². The van der Waals surface area contributed by atoms with Crippen molar-refractivity contribution in [1.29, 1.82) is 0 Å². The molecule has 5 nitrogen and oxygen atoms in total. The first-order valence-corrected chi connectivity index (χ1v) is 8.62. The lowest BCUT2D eigenvalue weighted by molar-refractivity contribution is 0.248. The van der Waals surface area contributed by atoms with Gasteiger partial charge in [0.25, 0.3) is 0 Å². The number of nitrogens with one attached hydrogen (secondary N) is 2. The van der Waals surface area contributed by atoms with Crippen LogP contribution in [0.1, 0.15) is 44.5 Å². The fourth-order valence-corrected chi connectivity index (χ4v) is 3.06. The van der Waals surface area contributed by atoms with Crippen LogP contribution in [0.4, 0.5) is 10.5 Å². The number of thioether (sulfide) groups is 1. The van der Waals surface area contributed by atoms with Crippen LogP contribution in [0, 0.1) is 6.92 Å².